The van der Waals surface area contributed by atoms with Gasteiger partial charge in [-0.2, -0.15) is 0 Å². The number of thiophene rings is 1. The Bertz CT molecular complexity index is 1310. The number of anilines is 3. The molecule has 0 saturated carbocycles. The second kappa shape index (κ2) is 7.12. The number of hydrogen-bond acceptors (Lipinski definition) is 8. The minimum Gasteiger partial charge on any atom is -0.340 e. The number of nitrogens with zero attached hydrogens (tertiary/aromatic N) is 3. The van der Waals surface area contributed by atoms with E-state index in [-0.39, 0.29) is 10.8 Å². The van der Waals surface area contributed by atoms with E-state index in [1.54, 1.807) is 37.3 Å². The highest BCUT2D eigenvalue weighted by atomic mass is 32.2. The molecule has 4 aromatic rings. The fraction of sp³-hybridized carbons (Fsp3) is 0.211. The van der Waals surface area contributed by atoms with Crippen molar-refractivity contribution in [1.82, 2.24) is 15.1 Å². The van der Waals surface area contributed by atoms with E-state index in [0.29, 0.717) is 17.1 Å². The van der Waals surface area contributed by atoms with Crippen LogP contribution in [0.15, 0.2) is 40.0 Å². The van der Waals surface area contributed by atoms with Crippen molar-refractivity contribution in [2.45, 2.75) is 32.6 Å². The van der Waals surface area contributed by atoms with Crippen LogP contribution in [0.5, 0.6) is 0 Å². The standard InChI is InChI=1S/C19H19N5O3S2/c1-10-12(3)23-27-18(10)24-29(25,26)15-7-5-14(6-8-15)22-17-16-11(2)13(4)28-19(16)21-9-20-17/h5-9,24H,1-4H3,(H,20,21,22). The fourth-order valence-corrected chi connectivity index (χ4v) is 4.87. The molecular weight excluding hydrogens is 410 g/mol. The smallest absolute Gasteiger partial charge is 0.264 e. The van der Waals surface area contributed by atoms with Crippen LogP contribution < -0.4 is 10.0 Å². The maximum atomic E-state index is 12.6. The Morgan fingerprint density at radius 1 is 1.00 bits per heavy atom. The Morgan fingerprint density at radius 3 is 2.38 bits per heavy atom. The zero-order chi connectivity index (χ0) is 20.8. The normalized spacial score (nSPS) is 11.7. The molecule has 29 heavy (non-hydrogen) atoms. The lowest BCUT2D eigenvalue weighted by atomic mass is 10.2. The summed E-state index contributed by atoms with van der Waals surface area (Å²) in [5.74, 6) is 0.815. The average molecular weight is 430 g/mol. The molecule has 0 bridgehead atoms. The SMILES string of the molecule is Cc1noc(NS(=O)(=O)c2ccc(Nc3ncnc4sc(C)c(C)c34)cc2)c1C. The first-order valence-corrected chi connectivity index (χ1v) is 11.1. The van der Waals surface area contributed by atoms with E-state index >= 15 is 0 Å². The van der Waals surface area contributed by atoms with Crippen molar-refractivity contribution in [2.24, 2.45) is 0 Å². The molecule has 0 aliphatic carbocycles. The van der Waals surface area contributed by atoms with Crippen molar-refractivity contribution >= 4 is 49.0 Å². The van der Waals surface area contributed by atoms with Gasteiger partial charge in [-0.3, -0.25) is 0 Å². The summed E-state index contributed by atoms with van der Waals surface area (Å²) in [7, 11) is -3.79. The van der Waals surface area contributed by atoms with Gasteiger partial charge in [0.15, 0.2) is 0 Å². The third-order valence-corrected chi connectivity index (χ3v) is 7.24. The van der Waals surface area contributed by atoms with Crippen molar-refractivity contribution in [2.75, 3.05) is 10.0 Å². The molecule has 1 aromatic carbocycles. The molecular formula is C19H19N5O3S2. The van der Waals surface area contributed by atoms with Crippen molar-refractivity contribution in [3.8, 4) is 0 Å². The molecule has 0 aliphatic rings. The van der Waals surface area contributed by atoms with Crippen molar-refractivity contribution in [1.29, 1.82) is 0 Å². The average Bonchev–Trinajstić information content (AvgIpc) is 3.15. The first kappa shape index (κ1) is 19.3. The fourth-order valence-electron chi connectivity index (χ4n) is 2.82. The molecule has 0 unspecified atom stereocenters. The molecule has 0 saturated heterocycles. The zero-order valence-electron chi connectivity index (χ0n) is 16.3. The van der Waals surface area contributed by atoms with Crippen LogP contribution in [-0.2, 0) is 10.0 Å². The van der Waals surface area contributed by atoms with Crippen LogP contribution in [0.25, 0.3) is 10.2 Å². The lowest BCUT2D eigenvalue weighted by Gasteiger charge is -2.09. The number of rotatable bonds is 5. The lowest BCUT2D eigenvalue weighted by molar-refractivity contribution is 0.430. The van der Waals surface area contributed by atoms with Crippen LogP contribution in [0.1, 0.15) is 21.7 Å². The summed E-state index contributed by atoms with van der Waals surface area (Å²) < 4.78 is 32.7. The molecule has 2 N–H and O–H groups in total. The predicted molar refractivity (Wildman–Crippen MR) is 113 cm³/mol. The summed E-state index contributed by atoms with van der Waals surface area (Å²) >= 11 is 1.62. The van der Waals surface area contributed by atoms with Gasteiger partial charge in [-0.25, -0.2) is 23.1 Å². The molecule has 3 aromatic heterocycles. The van der Waals surface area contributed by atoms with Crippen LogP contribution in [-0.4, -0.2) is 23.5 Å². The monoisotopic (exact) mass is 429 g/mol. The molecule has 0 aliphatic heterocycles. The van der Waals surface area contributed by atoms with Crippen molar-refractivity contribution < 1.29 is 12.9 Å². The minimum atomic E-state index is -3.79. The van der Waals surface area contributed by atoms with E-state index in [0.717, 1.165) is 21.5 Å². The van der Waals surface area contributed by atoms with Gasteiger partial charge in [0.1, 0.15) is 17.0 Å². The first-order valence-electron chi connectivity index (χ1n) is 8.80. The second-order valence-corrected chi connectivity index (χ2v) is 9.55. The molecule has 4 rings (SSSR count). The third kappa shape index (κ3) is 3.56. The van der Waals surface area contributed by atoms with Crippen molar-refractivity contribution in [3.05, 3.63) is 52.3 Å². The van der Waals surface area contributed by atoms with Gasteiger partial charge >= 0.3 is 0 Å². The van der Waals surface area contributed by atoms with Gasteiger partial charge in [-0.1, -0.05) is 5.16 Å². The maximum Gasteiger partial charge on any atom is 0.264 e. The molecule has 0 radical (unpaired) electrons. The van der Waals surface area contributed by atoms with E-state index < -0.39 is 10.0 Å². The van der Waals surface area contributed by atoms with E-state index in [1.807, 2.05) is 6.92 Å². The molecule has 0 spiro atoms. The predicted octanol–water partition coefficient (Wildman–Crippen LogP) is 4.46. The number of aryl methyl sites for hydroxylation is 3. The Kier molecular flexibility index (Phi) is 4.75. The highest BCUT2D eigenvalue weighted by molar-refractivity contribution is 7.92. The molecule has 0 amide bonds. The minimum absolute atomic E-state index is 0.117. The van der Waals surface area contributed by atoms with Crippen LogP contribution in [0, 0.1) is 27.7 Å². The maximum absolute atomic E-state index is 12.6. The van der Waals surface area contributed by atoms with E-state index in [2.05, 4.69) is 32.1 Å². The Labute approximate surface area is 172 Å². The molecule has 150 valence electrons. The van der Waals surface area contributed by atoms with Gasteiger partial charge in [0, 0.05) is 16.1 Å². The number of sulfonamides is 1. The van der Waals surface area contributed by atoms with Gasteiger partial charge in [0.2, 0.25) is 5.88 Å². The first-order chi connectivity index (χ1) is 13.8. The van der Waals surface area contributed by atoms with Crippen LogP contribution in [0.3, 0.4) is 0 Å². The Balaban J connectivity index is 1.59. The number of fused-ring (bicyclic) bond motifs is 1. The largest absolute Gasteiger partial charge is 0.340 e. The van der Waals surface area contributed by atoms with Crippen LogP contribution in [0.2, 0.25) is 0 Å². The summed E-state index contributed by atoms with van der Waals surface area (Å²) in [5, 5.41) is 8.00. The van der Waals surface area contributed by atoms with Gasteiger partial charge < -0.3 is 9.84 Å². The second-order valence-electron chi connectivity index (χ2n) is 6.66. The number of benzene rings is 1. The summed E-state index contributed by atoms with van der Waals surface area (Å²) in [6.07, 6.45) is 1.52. The third-order valence-electron chi connectivity index (χ3n) is 4.78. The van der Waals surface area contributed by atoms with Crippen molar-refractivity contribution in [3.63, 3.8) is 0 Å². The molecule has 10 heteroatoms. The molecule has 8 nitrogen and oxygen atoms in total. The summed E-state index contributed by atoms with van der Waals surface area (Å²) in [4.78, 5) is 10.9. The van der Waals surface area contributed by atoms with Crippen LogP contribution >= 0.6 is 11.3 Å². The number of hydrogen-bond donors (Lipinski definition) is 2. The summed E-state index contributed by atoms with van der Waals surface area (Å²) in [5.41, 5.74) is 3.14. The number of aromatic nitrogens is 3. The van der Waals surface area contributed by atoms with Gasteiger partial charge in [0.05, 0.1) is 16.0 Å². The molecule has 0 fully saturated rings. The van der Waals surface area contributed by atoms with Crippen LogP contribution in [0.4, 0.5) is 17.4 Å². The Morgan fingerprint density at radius 2 is 1.72 bits per heavy atom. The highest BCUT2D eigenvalue weighted by Gasteiger charge is 2.19. The lowest BCUT2D eigenvalue weighted by Crippen LogP contribution is -2.13. The summed E-state index contributed by atoms with van der Waals surface area (Å²) in [6, 6.07) is 6.42. The van der Waals surface area contributed by atoms with Gasteiger partial charge in [-0.05, 0) is 57.5 Å². The molecule has 0 atom stereocenters. The Hall–Kier alpha value is -2.98. The van der Waals surface area contributed by atoms with Gasteiger partial charge in [0.25, 0.3) is 10.0 Å². The van der Waals surface area contributed by atoms with E-state index in [9.17, 15) is 8.42 Å². The summed E-state index contributed by atoms with van der Waals surface area (Å²) in [6.45, 7) is 7.58. The topological polar surface area (TPSA) is 110 Å². The molecule has 3 heterocycles. The zero-order valence-corrected chi connectivity index (χ0v) is 17.9. The van der Waals surface area contributed by atoms with E-state index in [1.165, 1.54) is 23.3 Å². The van der Waals surface area contributed by atoms with E-state index in [4.69, 9.17) is 4.52 Å². The highest BCUT2D eigenvalue weighted by Crippen LogP contribution is 2.34. The number of nitrogens with one attached hydrogen (secondary N) is 2. The van der Waals surface area contributed by atoms with Gasteiger partial charge in [-0.15, -0.1) is 11.3 Å². The quantitative estimate of drug-likeness (QED) is 0.482.